The summed E-state index contributed by atoms with van der Waals surface area (Å²) >= 11 is 1.31. The summed E-state index contributed by atoms with van der Waals surface area (Å²) in [6.45, 7) is 2.60. The lowest BCUT2D eigenvalue weighted by Gasteiger charge is -2.11. The second-order valence-electron chi connectivity index (χ2n) is 6.42. The number of amides is 2. The number of carbonyl (C=O) groups excluding carboxylic acids is 2. The molecule has 0 aliphatic carbocycles. The van der Waals surface area contributed by atoms with Gasteiger partial charge >= 0.3 is 0 Å². The Kier molecular flexibility index (Phi) is 6.61. The summed E-state index contributed by atoms with van der Waals surface area (Å²) in [4.78, 5) is 30.1. The van der Waals surface area contributed by atoms with Crippen molar-refractivity contribution >= 4 is 29.3 Å². The van der Waals surface area contributed by atoms with Crippen molar-refractivity contribution in [3.63, 3.8) is 0 Å². The van der Waals surface area contributed by atoms with Gasteiger partial charge in [0.15, 0.2) is 11.0 Å². The molecule has 0 unspecified atom stereocenters. The van der Waals surface area contributed by atoms with Crippen molar-refractivity contribution in [1.82, 2.24) is 24.6 Å². The van der Waals surface area contributed by atoms with Gasteiger partial charge in [0.1, 0.15) is 0 Å². The molecule has 2 amide bonds. The minimum Gasteiger partial charge on any atom is -0.345 e. The van der Waals surface area contributed by atoms with Crippen LogP contribution in [0.5, 0.6) is 0 Å². The summed E-state index contributed by atoms with van der Waals surface area (Å²) < 4.78 is 1.90. The first-order valence-electron chi connectivity index (χ1n) is 9.07. The number of anilines is 1. The van der Waals surface area contributed by atoms with Crippen molar-refractivity contribution in [3.05, 3.63) is 54.4 Å². The summed E-state index contributed by atoms with van der Waals surface area (Å²) in [5.41, 5.74) is 1.94. The van der Waals surface area contributed by atoms with Crippen LogP contribution in [-0.2, 0) is 11.3 Å². The van der Waals surface area contributed by atoms with Crippen LogP contribution in [0, 0.1) is 0 Å². The molecule has 1 aromatic carbocycles. The number of rotatable bonds is 7. The van der Waals surface area contributed by atoms with E-state index in [1.165, 1.54) is 22.9 Å². The van der Waals surface area contributed by atoms with Gasteiger partial charge < -0.3 is 14.8 Å². The highest BCUT2D eigenvalue weighted by Gasteiger charge is 2.17. The number of aromatic nitrogens is 4. The largest absolute Gasteiger partial charge is 0.345 e. The zero-order valence-corrected chi connectivity index (χ0v) is 17.3. The summed E-state index contributed by atoms with van der Waals surface area (Å²) in [5, 5.41) is 12.0. The van der Waals surface area contributed by atoms with E-state index in [9.17, 15) is 9.59 Å². The summed E-state index contributed by atoms with van der Waals surface area (Å²) in [6.07, 6.45) is 3.18. The average Bonchev–Trinajstić information content (AvgIpc) is 3.15. The second-order valence-corrected chi connectivity index (χ2v) is 7.36. The predicted molar refractivity (Wildman–Crippen MR) is 113 cm³/mol. The van der Waals surface area contributed by atoms with E-state index in [0.29, 0.717) is 28.7 Å². The molecule has 3 aromatic rings. The Morgan fingerprint density at radius 3 is 2.59 bits per heavy atom. The molecule has 0 fully saturated rings. The van der Waals surface area contributed by atoms with Crippen molar-refractivity contribution in [2.75, 3.05) is 25.2 Å². The third kappa shape index (κ3) is 5.00. The Hall–Kier alpha value is -3.20. The van der Waals surface area contributed by atoms with E-state index in [4.69, 9.17) is 0 Å². The van der Waals surface area contributed by atoms with Crippen LogP contribution in [0.1, 0.15) is 17.3 Å². The zero-order chi connectivity index (χ0) is 20.8. The molecule has 0 aliphatic rings. The zero-order valence-electron chi connectivity index (χ0n) is 16.5. The molecule has 9 heteroatoms. The molecule has 0 bridgehead atoms. The molecule has 2 aromatic heterocycles. The standard InChI is InChI=1S/C20H22N6O2S/c1-4-26-18(14-10-15(12-21-11-14)19(28)25(2)3)23-24-20(26)29-13-17(27)22-16-8-6-5-7-9-16/h5-12H,4,13H2,1-3H3,(H,22,27). The first kappa shape index (κ1) is 20.5. The number of carbonyl (C=O) groups is 2. The van der Waals surface area contributed by atoms with Gasteiger partial charge in [0.2, 0.25) is 5.91 Å². The number of thioether (sulfide) groups is 1. The molecule has 2 heterocycles. The lowest BCUT2D eigenvalue weighted by molar-refractivity contribution is -0.113. The van der Waals surface area contributed by atoms with Crippen molar-refractivity contribution in [2.45, 2.75) is 18.6 Å². The normalized spacial score (nSPS) is 10.6. The molecule has 150 valence electrons. The van der Waals surface area contributed by atoms with E-state index in [0.717, 1.165) is 5.69 Å². The molecule has 1 N–H and O–H groups in total. The van der Waals surface area contributed by atoms with E-state index in [1.807, 2.05) is 41.8 Å². The Labute approximate surface area is 173 Å². The molecule has 0 atom stereocenters. The number of nitrogens with one attached hydrogen (secondary N) is 1. The first-order valence-corrected chi connectivity index (χ1v) is 10.1. The first-order chi connectivity index (χ1) is 14.0. The van der Waals surface area contributed by atoms with Crippen LogP contribution in [0.4, 0.5) is 5.69 Å². The van der Waals surface area contributed by atoms with Crippen molar-refractivity contribution in [1.29, 1.82) is 0 Å². The molecule has 3 rings (SSSR count). The Balaban J connectivity index is 1.74. The van der Waals surface area contributed by atoms with Gasteiger partial charge in [-0.3, -0.25) is 14.6 Å². The van der Waals surface area contributed by atoms with Crippen molar-refractivity contribution < 1.29 is 9.59 Å². The highest BCUT2D eigenvalue weighted by molar-refractivity contribution is 7.99. The minimum absolute atomic E-state index is 0.117. The van der Waals surface area contributed by atoms with Gasteiger partial charge in [0, 0.05) is 44.3 Å². The van der Waals surface area contributed by atoms with Gasteiger partial charge in [-0.2, -0.15) is 0 Å². The Morgan fingerprint density at radius 1 is 1.14 bits per heavy atom. The van der Waals surface area contributed by atoms with Gasteiger partial charge in [-0.15, -0.1) is 10.2 Å². The Morgan fingerprint density at radius 2 is 1.90 bits per heavy atom. The van der Waals surface area contributed by atoms with Gasteiger partial charge in [-0.25, -0.2) is 0 Å². The molecule has 0 saturated heterocycles. The van der Waals surface area contributed by atoms with Crippen molar-refractivity contribution in [3.8, 4) is 11.4 Å². The van der Waals surface area contributed by atoms with Gasteiger partial charge in [-0.1, -0.05) is 30.0 Å². The number of benzene rings is 1. The van der Waals surface area contributed by atoms with Gasteiger partial charge in [0.25, 0.3) is 5.91 Å². The van der Waals surface area contributed by atoms with E-state index in [-0.39, 0.29) is 17.6 Å². The molecule has 8 nitrogen and oxygen atoms in total. The van der Waals surface area contributed by atoms with Gasteiger partial charge in [-0.05, 0) is 25.1 Å². The van der Waals surface area contributed by atoms with Crippen LogP contribution in [0.3, 0.4) is 0 Å². The summed E-state index contributed by atoms with van der Waals surface area (Å²) in [7, 11) is 3.39. The third-order valence-corrected chi connectivity index (χ3v) is 5.04. The maximum Gasteiger partial charge on any atom is 0.254 e. The fourth-order valence-electron chi connectivity index (χ4n) is 2.68. The van der Waals surface area contributed by atoms with E-state index >= 15 is 0 Å². The van der Waals surface area contributed by atoms with Crippen LogP contribution >= 0.6 is 11.8 Å². The van der Waals surface area contributed by atoms with Crippen LogP contribution in [0.25, 0.3) is 11.4 Å². The highest BCUT2D eigenvalue weighted by Crippen LogP contribution is 2.24. The van der Waals surface area contributed by atoms with Crippen LogP contribution in [0.15, 0.2) is 53.9 Å². The molecule has 29 heavy (non-hydrogen) atoms. The van der Waals surface area contributed by atoms with Crippen molar-refractivity contribution in [2.24, 2.45) is 0 Å². The average molecular weight is 411 g/mol. The predicted octanol–water partition coefficient (Wildman–Crippen LogP) is 2.79. The topological polar surface area (TPSA) is 93.0 Å². The number of hydrogen-bond donors (Lipinski definition) is 1. The van der Waals surface area contributed by atoms with Crippen LogP contribution in [0.2, 0.25) is 0 Å². The molecular formula is C20H22N6O2S. The molecule has 0 spiro atoms. The maximum atomic E-state index is 12.2. The quantitative estimate of drug-likeness (QED) is 0.602. The highest BCUT2D eigenvalue weighted by atomic mass is 32.2. The van der Waals surface area contributed by atoms with E-state index in [1.54, 1.807) is 26.4 Å². The summed E-state index contributed by atoms with van der Waals surface area (Å²) in [6, 6.07) is 11.1. The van der Waals surface area contributed by atoms with Crippen LogP contribution < -0.4 is 5.32 Å². The molecular weight excluding hydrogens is 388 g/mol. The third-order valence-electron chi connectivity index (χ3n) is 4.07. The fourth-order valence-corrected chi connectivity index (χ4v) is 3.48. The molecule has 0 aliphatic heterocycles. The van der Waals surface area contributed by atoms with E-state index in [2.05, 4.69) is 20.5 Å². The lowest BCUT2D eigenvalue weighted by atomic mass is 10.2. The number of hydrogen-bond acceptors (Lipinski definition) is 6. The van der Waals surface area contributed by atoms with Gasteiger partial charge in [0.05, 0.1) is 11.3 Å². The number of para-hydroxylation sites is 1. The van der Waals surface area contributed by atoms with Crippen LogP contribution in [-0.4, -0.2) is 56.3 Å². The SMILES string of the molecule is CCn1c(SCC(=O)Nc2ccccc2)nnc1-c1cncc(C(=O)N(C)C)c1. The summed E-state index contributed by atoms with van der Waals surface area (Å²) in [5.74, 6) is 0.576. The molecule has 0 radical (unpaired) electrons. The van der Waals surface area contributed by atoms with E-state index < -0.39 is 0 Å². The monoisotopic (exact) mass is 410 g/mol. The fraction of sp³-hybridized carbons (Fsp3) is 0.250. The maximum absolute atomic E-state index is 12.2. The molecule has 0 saturated carbocycles. The second kappa shape index (κ2) is 9.33. The Bertz CT molecular complexity index is 1000. The lowest BCUT2D eigenvalue weighted by Crippen LogP contribution is -2.21. The number of nitrogens with zero attached hydrogens (tertiary/aromatic N) is 5. The minimum atomic E-state index is -0.130. The smallest absolute Gasteiger partial charge is 0.254 e. The number of pyridine rings is 1.